The van der Waals surface area contributed by atoms with Crippen molar-refractivity contribution in [2.75, 3.05) is 5.73 Å². The number of rotatable bonds is 1. The van der Waals surface area contributed by atoms with E-state index in [4.69, 9.17) is 10.2 Å². The van der Waals surface area contributed by atoms with Gasteiger partial charge in [-0.1, -0.05) is 22.0 Å². The Morgan fingerprint density at radius 1 is 1.21 bits per heavy atom. The summed E-state index contributed by atoms with van der Waals surface area (Å²) < 4.78 is 6.93. The molecule has 1 aromatic heterocycles. The number of nitrogens with two attached hydrogens (primary N) is 1. The predicted molar refractivity (Wildman–Crippen MR) is 81.0 cm³/mol. The van der Waals surface area contributed by atoms with Crippen molar-refractivity contribution in [2.45, 2.75) is 13.8 Å². The fourth-order valence-corrected chi connectivity index (χ4v) is 2.55. The number of aromatic nitrogens is 1. The highest BCUT2D eigenvalue weighted by molar-refractivity contribution is 9.10. The SMILES string of the molecule is Cc1c(Br)cccc1-c1nc2cc(N)cc(C)c2o1. The molecule has 0 saturated carbocycles. The summed E-state index contributed by atoms with van der Waals surface area (Å²) in [6, 6.07) is 9.71. The molecule has 3 aromatic rings. The van der Waals surface area contributed by atoms with Gasteiger partial charge in [0.15, 0.2) is 5.58 Å². The third-order valence-corrected chi connectivity index (χ3v) is 4.06. The smallest absolute Gasteiger partial charge is 0.227 e. The van der Waals surface area contributed by atoms with Gasteiger partial charge in [0.1, 0.15) is 5.52 Å². The monoisotopic (exact) mass is 316 g/mol. The molecular formula is C15H13BrN2O. The van der Waals surface area contributed by atoms with Crippen molar-refractivity contribution in [3.8, 4) is 11.5 Å². The van der Waals surface area contributed by atoms with E-state index in [1.165, 1.54) is 0 Å². The molecule has 0 saturated heterocycles. The van der Waals surface area contributed by atoms with Crippen molar-refractivity contribution in [1.82, 2.24) is 4.98 Å². The minimum atomic E-state index is 0.627. The van der Waals surface area contributed by atoms with E-state index in [0.717, 1.165) is 32.3 Å². The van der Waals surface area contributed by atoms with E-state index in [1.54, 1.807) is 0 Å². The second kappa shape index (κ2) is 4.38. The van der Waals surface area contributed by atoms with Gasteiger partial charge in [0.05, 0.1) is 0 Å². The lowest BCUT2D eigenvalue weighted by atomic mass is 10.1. The number of benzene rings is 2. The Morgan fingerprint density at radius 2 is 2.00 bits per heavy atom. The Hall–Kier alpha value is -1.81. The Balaban J connectivity index is 2.26. The minimum Gasteiger partial charge on any atom is -0.436 e. The minimum absolute atomic E-state index is 0.627. The standard InChI is InChI=1S/C15H13BrN2O/c1-8-6-10(17)7-13-14(8)19-15(18-13)11-4-3-5-12(16)9(11)2/h3-7H,17H2,1-2H3. The number of nitrogens with zero attached hydrogens (tertiary/aromatic N) is 1. The molecule has 96 valence electrons. The zero-order chi connectivity index (χ0) is 13.6. The zero-order valence-corrected chi connectivity index (χ0v) is 12.3. The van der Waals surface area contributed by atoms with Gasteiger partial charge in [0.2, 0.25) is 5.89 Å². The average Bonchev–Trinajstić information content (AvgIpc) is 2.76. The highest BCUT2D eigenvalue weighted by atomic mass is 79.9. The van der Waals surface area contributed by atoms with Crippen molar-refractivity contribution in [1.29, 1.82) is 0 Å². The number of oxazole rings is 1. The summed E-state index contributed by atoms with van der Waals surface area (Å²) in [5.74, 6) is 0.627. The van der Waals surface area contributed by atoms with Crippen LogP contribution in [0.2, 0.25) is 0 Å². The lowest BCUT2D eigenvalue weighted by molar-refractivity contribution is 0.617. The molecule has 2 aromatic carbocycles. The quantitative estimate of drug-likeness (QED) is 0.674. The van der Waals surface area contributed by atoms with Crippen molar-refractivity contribution in [3.63, 3.8) is 0 Å². The summed E-state index contributed by atoms with van der Waals surface area (Å²) in [5, 5.41) is 0. The van der Waals surface area contributed by atoms with Crippen molar-refractivity contribution in [2.24, 2.45) is 0 Å². The first kappa shape index (κ1) is 12.2. The largest absolute Gasteiger partial charge is 0.436 e. The molecule has 0 radical (unpaired) electrons. The first-order valence-electron chi connectivity index (χ1n) is 5.98. The van der Waals surface area contributed by atoms with Crippen LogP contribution in [-0.4, -0.2) is 4.98 Å². The highest BCUT2D eigenvalue weighted by Gasteiger charge is 2.13. The highest BCUT2D eigenvalue weighted by Crippen LogP contribution is 2.32. The molecule has 0 unspecified atom stereocenters. The van der Waals surface area contributed by atoms with E-state index in [9.17, 15) is 0 Å². The van der Waals surface area contributed by atoms with Gasteiger partial charge in [-0.25, -0.2) is 4.98 Å². The van der Waals surface area contributed by atoms with Gasteiger partial charge >= 0.3 is 0 Å². The number of halogens is 1. The van der Waals surface area contributed by atoms with Gasteiger partial charge in [-0.2, -0.15) is 0 Å². The van der Waals surface area contributed by atoms with Crippen molar-refractivity contribution in [3.05, 3.63) is 45.9 Å². The molecule has 0 atom stereocenters. The molecule has 0 aliphatic carbocycles. The number of nitrogen functional groups attached to an aromatic ring is 1. The molecule has 0 aliphatic rings. The van der Waals surface area contributed by atoms with E-state index in [2.05, 4.69) is 20.9 Å². The van der Waals surface area contributed by atoms with E-state index in [-0.39, 0.29) is 0 Å². The van der Waals surface area contributed by atoms with Crippen LogP contribution in [0, 0.1) is 13.8 Å². The number of anilines is 1. The Bertz CT molecular complexity index is 777. The van der Waals surface area contributed by atoms with Crippen LogP contribution >= 0.6 is 15.9 Å². The molecule has 1 heterocycles. The van der Waals surface area contributed by atoms with Crippen molar-refractivity contribution >= 4 is 32.7 Å². The van der Waals surface area contributed by atoms with E-state index < -0.39 is 0 Å². The first-order valence-corrected chi connectivity index (χ1v) is 6.77. The average molecular weight is 317 g/mol. The van der Waals surface area contributed by atoms with Gasteiger partial charge in [-0.3, -0.25) is 0 Å². The van der Waals surface area contributed by atoms with E-state index >= 15 is 0 Å². The maximum atomic E-state index is 5.89. The molecule has 19 heavy (non-hydrogen) atoms. The first-order chi connectivity index (χ1) is 9.06. The molecular weight excluding hydrogens is 304 g/mol. The summed E-state index contributed by atoms with van der Waals surface area (Å²) in [4.78, 5) is 4.54. The summed E-state index contributed by atoms with van der Waals surface area (Å²) >= 11 is 3.52. The van der Waals surface area contributed by atoms with Crippen LogP contribution < -0.4 is 5.73 Å². The third kappa shape index (κ3) is 2.02. The van der Waals surface area contributed by atoms with Crippen LogP contribution in [0.4, 0.5) is 5.69 Å². The maximum Gasteiger partial charge on any atom is 0.227 e. The van der Waals surface area contributed by atoms with E-state index in [1.807, 2.05) is 44.2 Å². The van der Waals surface area contributed by atoms with Crippen LogP contribution in [0.5, 0.6) is 0 Å². The fourth-order valence-electron chi connectivity index (χ4n) is 2.18. The lowest BCUT2D eigenvalue weighted by Crippen LogP contribution is -1.85. The Labute approximate surface area is 119 Å². The Morgan fingerprint density at radius 3 is 2.79 bits per heavy atom. The zero-order valence-electron chi connectivity index (χ0n) is 10.7. The summed E-state index contributed by atoms with van der Waals surface area (Å²) in [6.07, 6.45) is 0. The van der Waals surface area contributed by atoms with E-state index in [0.29, 0.717) is 11.6 Å². The number of hydrogen-bond acceptors (Lipinski definition) is 3. The molecule has 0 fully saturated rings. The molecule has 3 nitrogen and oxygen atoms in total. The van der Waals surface area contributed by atoms with Crippen LogP contribution in [-0.2, 0) is 0 Å². The van der Waals surface area contributed by atoms with Crippen LogP contribution in [0.3, 0.4) is 0 Å². The van der Waals surface area contributed by atoms with Gasteiger partial charge in [-0.05, 0) is 49.2 Å². The summed E-state index contributed by atoms with van der Waals surface area (Å²) in [5.41, 5.74) is 11.2. The molecule has 2 N–H and O–H groups in total. The predicted octanol–water partition coefficient (Wildman–Crippen LogP) is 4.46. The molecule has 4 heteroatoms. The second-order valence-corrected chi connectivity index (χ2v) is 5.47. The number of aryl methyl sites for hydroxylation is 1. The van der Waals surface area contributed by atoms with Crippen LogP contribution in [0.1, 0.15) is 11.1 Å². The van der Waals surface area contributed by atoms with Gasteiger partial charge in [0, 0.05) is 15.7 Å². The fraction of sp³-hybridized carbons (Fsp3) is 0.133. The molecule has 3 rings (SSSR count). The normalized spacial score (nSPS) is 11.1. The molecule has 0 bridgehead atoms. The topological polar surface area (TPSA) is 52.0 Å². The van der Waals surface area contributed by atoms with Gasteiger partial charge in [0.25, 0.3) is 0 Å². The summed E-state index contributed by atoms with van der Waals surface area (Å²) in [7, 11) is 0. The summed E-state index contributed by atoms with van der Waals surface area (Å²) in [6.45, 7) is 4.01. The number of hydrogen-bond donors (Lipinski definition) is 1. The Kier molecular flexibility index (Phi) is 2.82. The molecule has 0 aliphatic heterocycles. The molecule has 0 amide bonds. The van der Waals surface area contributed by atoms with Crippen molar-refractivity contribution < 1.29 is 4.42 Å². The third-order valence-electron chi connectivity index (χ3n) is 3.20. The van der Waals surface area contributed by atoms with Gasteiger partial charge < -0.3 is 10.2 Å². The second-order valence-electron chi connectivity index (χ2n) is 4.62. The number of fused-ring (bicyclic) bond motifs is 1. The van der Waals surface area contributed by atoms with Crippen LogP contribution in [0.15, 0.2) is 39.2 Å². The van der Waals surface area contributed by atoms with Gasteiger partial charge in [-0.15, -0.1) is 0 Å². The maximum absolute atomic E-state index is 5.89. The lowest BCUT2D eigenvalue weighted by Gasteiger charge is -2.02. The van der Waals surface area contributed by atoms with Crippen LogP contribution in [0.25, 0.3) is 22.6 Å². The molecule has 0 spiro atoms.